The summed E-state index contributed by atoms with van der Waals surface area (Å²) in [6.07, 6.45) is 0. The van der Waals surface area contributed by atoms with Crippen LogP contribution in [-0.4, -0.2) is 20.8 Å². The van der Waals surface area contributed by atoms with Gasteiger partial charge in [-0.15, -0.1) is 0 Å². The average molecular weight is 394 g/mol. The van der Waals surface area contributed by atoms with E-state index in [9.17, 15) is 5.11 Å². The van der Waals surface area contributed by atoms with Crippen molar-refractivity contribution in [2.75, 3.05) is 5.43 Å². The van der Waals surface area contributed by atoms with Crippen LogP contribution in [0.1, 0.15) is 18.1 Å². The number of hydrogen-bond acceptors (Lipinski definition) is 5. The lowest BCUT2D eigenvalue weighted by molar-refractivity contribution is 0.471. The van der Waals surface area contributed by atoms with Crippen LogP contribution in [0.3, 0.4) is 0 Å². The van der Waals surface area contributed by atoms with Crippen molar-refractivity contribution in [2.24, 2.45) is 5.10 Å². The van der Waals surface area contributed by atoms with Crippen molar-refractivity contribution in [1.29, 1.82) is 0 Å². The Balaban J connectivity index is 1.70. The van der Waals surface area contributed by atoms with Crippen molar-refractivity contribution >= 4 is 11.5 Å². The Morgan fingerprint density at radius 1 is 0.833 bits per heavy atom. The van der Waals surface area contributed by atoms with Crippen LogP contribution < -0.4 is 5.43 Å². The zero-order chi connectivity index (χ0) is 20.9. The predicted molar refractivity (Wildman–Crippen MR) is 122 cm³/mol. The number of rotatable bonds is 5. The molecule has 0 amide bonds. The summed E-state index contributed by atoms with van der Waals surface area (Å²) in [5.74, 6) is 1.51. The molecule has 0 aliphatic rings. The highest BCUT2D eigenvalue weighted by molar-refractivity contribution is 5.99. The third-order valence-corrected chi connectivity index (χ3v) is 4.78. The Kier molecular flexibility index (Phi) is 5.52. The first-order valence-corrected chi connectivity index (χ1v) is 9.70. The van der Waals surface area contributed by atoms with Crippen LogP contribution >= 0.6 is 0 Å². The summed E-state index contributed by atoms with van der Waals surface area (Å²) in [5.41, 5.74) is 8.37. The molecule has 0 atom stereocenters. The molecule has 0 aliphatic carbocycles. The molecular formula is C25H22N4O. The summed E-state index contributed by atoms with van der Waals surface area (Å²) in [6, 6.07) is 27.2. The number of aromatic hydroxyl groups is 1. The number of aromatic nitrogens is 2. The normalized spacial score (nSPS) is 11.3. The van der Waals surface area contributed by atoms with Gasteiger partial charge in [-0.2, -0.15) is 5.10 Å². The quantitative estimate of drug-likeness (QED) is 0.338. The van der Waals surface area contributed by atoms with E-state index in [1.54, 1.807) is 6.07 Å². The van der Waals surface area contributed by atoms with Crippen LogP contribution in [-0.2, 0) is 0 Å². The van der Waals surface area contributed by atoms with Gasteiger partial charge < -0.3 is 5.11 Å². The first-order valence-electron chi connectivity index (χ1n) is 9.70. The van der Waals surface area contributed by atoms with E-state index in [0.29, 0.717) is 11.6 Å². The van der Waals surface area contributed by atoms with E-state index in [-0.39, 0.29) is 5.75 Å². The Labute approximate surface area is 175 Å². The van der Waals surface area contributed by atoms with Crippen LogP contribution in [0.2, 0.25) is 0 Å². The number of anilines is 1. The Hall–Kier alpha value is -3.99. The minimum Gasteiger partial charge on any atom is -0.508 e. The van der Waals surface area contributed by atoms with Crippen molar-refractivity contribution in [1.82, 2.24) is 9.97 Å². The molecule has 0 bridgehead atoms. The van der Waals surface area contributed by atoms with Crippen molar-refractivity contribution in [3.63, 3.8) is 0 Å². The molecule has 4 aromatic rings. The summed E-state index contributed by atoms with van der Waals surface area (Å²) in [4.78, 5) is 9.41. The van der Waals surface area contributed by atoms with Crippen LogP contribution in [0.25, 0.3) is 22.6 Å². The van der Waals surface area contributed by atoms with E-state index in [1.165, 1.54) is 0 Å². The van der Waals surface area contributed by atoms with Gasteiger partial charge in [0.05, 0.1) is 11.4 Å². The van der Waals surface area contributed by atoms with Gasteiger partial charge in [0.25, 0.3) is 0 Å². The lowest BCUT2D eigenvalue weighted by Gasteiger charge is -2.09. The van der Waals surface area contributed by atoms with Crippen molar-refractivity contribution in [3.8, 4) is 28.4 Å². The number of phenolic OH excluding ortho intramolecular Hbond substituents is 1. The Bertz CT molecular complexity index is 1130. The molecule has 0 saturated carbocycles. The van der Waals surface area contributed by atoms with Gasteiger partial charge in [0, 0.05) is 17.2 Å². The molecule has 0 unspecified atom stereocenters. The molecule has 0 radical (unpaired) electrons. The van der Waals surface area contributed by atoms with Gasteiger partial charge in [-0.3, -0.25) is 5.43 Å². The second-order valence-electron chi connectivity index (χ2n) is 7.00. The van der Waals surface area contributed by atoms with Gasteiger partial charge in [0.15, 0.2) is 11.6 Å². The number of aryl methyl sites for hydroxylation is 1. The number of nitrogens with one attached hydrogen (secondary N) is 1. The summed E-state index contributed by atoms with van der Waals surface area (Å²) in [5, 5.41) is 14.2. The summed E-state index contributed by atoms with van der Waals surface area (Å²) in [6.45, 7) is 3.78. The molecule has 2 N–H and O–H groups in total. The monoisotopic (exact) mass is 394 g/mol. The predicted octanol–water partition coefficient (Wildman–Crippen LogP) is 5.66. The number of benzene rings is 3. The van der Waals surface area contributed by atoms with Crippen LogP contribution in [0.15, 0.2) is 90.0 Å². The fraction of sp³-hybridized carbons (Fsp3) is 0.0800. The molecule has 5 heteroatoms. The van der Waals surface area contributed by atoms with Gasteiger partial charge >= 0.3 is 0 Å². The molecular weight excluding hydrogens is 372 g/mol. The number of hydrazone groups is 1. The van der Waals surface area contributed by atoms with Gasteiger partial charge in [-0.25, -0.2) is 9.97 Å². The fourth-order valence-electron chi connectivity index (χ4n) is 3.06. The fourth-order valence-corrected chi connectivity index (χ4v) is 3.06. The maximum absolute atomic E-state index is 9.74. The highest BCUT2D eigenvalue weighted by atomic mass is 16.3. The summed E-state index contributed by atoms with van der Waals surface area (Å²) in [7, 11) is 0. The minimum absolute atomic E-state index is 0.273. The topological polar surface area (TPSA) is 70.4 Å². The molecule has 1 aromatic heterocycles. The van der Waals surface area contributed by atoms with E-state index in [4.69, 9.17) is 4.98 Å². The molecule has 0 spiro atoms. The summed E-state index contributed by atoms with van der Waals surface area (Å²) < 4.78 is 0. The highest BCUT2D eigenvalue weighted by Gasteiger charge is 2.09. The zero-order valence-electron chi connectivity index (χ0n) is 16.9. The maximum atomic E-state index is 9.74. The van der Waals surface area contributed by atoms with E-state index >= 15 is 0 Å². The summed E-state index contributed by atoms with van der Waals surface area (Å²) >= 11 is 0. The average Bonchev–Trinajstić information content (AvgIpc) is 2.80. The molecule has 148 valence electrons. The van der Waals surface area contributed by atoms with Crippen molar-refractivity contribution in [3.05, 3.63) is 96.1 Å². The van der Waals surface area contributed by atoms with Crippen molar-refractivity contribution < 1.29 is 5.11 Å². The van der Waals surface area contributed by atoms with Crippen LogP contribution in [0.4, 0.5) is 5.82 Å². The molecule has 0 saturated heterocycles. The molecule has 0 fully saturated rings. The smallest absolute Gasteiger partial charge is 0.162 e. The Morgan fingerprint density at radius 3 is 2.17 bits per heavy atom. The van der Waals surface area contributed by atoms with Gasteiger partial charge in [0.2, 0.25) is 0 Å². The standard InChI is InChI=1S/C25H22N4O/c1-17-15-21(13-14-23(17)30)18(2)28-29-24-16-22(19-9-5-3-6-10-19)26-25(27-24)20-11-7-4-8-12-20/h3-16,30H,1-2H3,(H,26,27,29)/b28-18+. The lowest BCUT2D eigenvalue weighted by Crippen LogP contribution is -2.03. The minimum atomic E-state index is 0.273. The third-order valence-electron chi connectivity index (χ3n) is 4.78. The first kappa shape index (κ1) is 19.3. The first-order chi connectivity index (χ1) is 14.6. The largest absolute Gasteiger partial charge is 0.508 e. The SMILES string of the molecule is C/C(=N\Nc1cc(-c2ccccc2)nc(-c2ccccc2)n1)c1ccc(O)c(C)c1. The van der Waals surface area contributed by atoms with Crippen molar-refractivity contribution in [2.45, 2.75) is 13.8 Å². The van der Waals surface area contributed by atoms with Gasteiger partial charge in [0.1, 0.15) is 5.75 Å². The second kappa shape index (κ2) is 8.57. The van der Waals surface area contributed by atoms with E-state index in [0.717, 1.165) is 33.7 Å². The number of nitrogens with zero attached hydrogens (tertiary/aromatic N) is 3. The molecule has 0 aliphatic heterocycles. The second-order valence-corrected chi connectivity index (χ2v) is 7.00. The van der Waals surface area contributed by atoms with Gasteiger partial charge in [-0.05, 0) is 43.2 Å². The molecule has 30 heavy (non-hydrogen) atoms. The van der Waals surface area contributed by atoms with Gasteiger partial charge in [-0.1, -0.05) is 60.7 Å². The number of phenols is 1. The number of hydrogen-bond donors (Lipinski definition) is 2. The van der Waals surface area contributed by atoms with E-state index in [1.807, 2.05) is 92.7 Å². The maximum Gasteiger partial charge on any atom is 0.162 e. The Morgan fingerprint density at radius 2 is 1.50 bits per heavy atom. The molecule has 3 aromatic carbocycles. The zero-order valence-corrected chi connectivity index (χ0v) is 16.9. The van der Waals surface area contributed by atoms with E-state index < -0.39 is 0 Å². The van der Waals surface area contributed by atoms with Crippen LogP contribution in [0.5, 0.6) is 5.75 Å². The van der Waals surface area contributed by atoms with E-state index in [2.05, 4.69) is 15.5 Å². The molecule has 1 heterocycles. The lowest BCUT2D eigenvalue weighted by atomic mass is 10.1. The molecule has 5 nitrogen and oxygen atoms in total. The molecule has 4 rings (SSSR count). The third kappa shape index (κ3) is 4.36. The van der Waals surface area contributed by atoms with Crippen LogP contribution in [0, 0.1) is 6.92 Å². The highest BCUT2D eigenvalue weighted by Crippen LogP contribution is 2.24.